The predicted octanol–water partition coefficient (Wildman–Crippen LogP) is 1.27. The van der Waals surface area contributed by atoms with Crippen LogP contribution in [0.5, 0.6) is 23.0 Å². The molecule has 4 aliphatic heterocycles. The first-order valence-corrected chi connectivity index (χ1v) is 14.3. The van der Waals surface area contributed by atoms with Gasteiger partial charge in [0.25, 0.3) is 0 Å². The number of ether oxygens (including phenoxy) is 4. The van der Waals surface area contributed by atoms with E-state index in [1.807, 2.05) is 0 Å². The summed E-state index contributed by atoms with van der Waals surface area (Å²) in [6.45, 7) is 3.02. The number of phenols is 4. The minimum absolute atomic E-state index is 0.00772. The number of benzene rings is 2. The van der Waals surface area contributed by atoms with E-state index in [9.17, 15) is 49.2 Å². The Bertz CT molecular complexity index is 2410. The van der Waals surface area contributed by atoms with Crippen molar-refractivity contribution < 1.29 is 49.0 Å². The molecule has 4 N–H and O–H groups in total. The molecule has 0 spiro atoms. The zero-order valence-corrected chi connectivity index (χ0v) is 23.9. The molecule has 14 heteroatoms. The van der Waals surface area contributed by atoms with Crippen LogP contribution in [0.25, 0.3) is 21.9 Å². The largest absolute Gasteiger partial charge is 0.507 e. The molecule has 8 rings (SSSR count). The molecule has 46 heavy (non-hydrogen) atoms. The number of phenolic OH excluding ortho intramolecular Hbond substituents is 4. The Morgan fingerprint density at radius 1 is 0.587 bits per heavy atom. The molecule has 0 amide bonds. The molecule has 4 heterocycles. The normalized spacial score (nSPS) is 26.4. The third-order valence-electron chi connectivity index (χ3n) is 9.39. The molecule has 14 nitrogen and oxygen atoms in total. The summed E-state index contributed by atoms with van der Waals surface area (Å²) < 4.78 is 22.1. The lowest BCUT2D eigenvalue weighted by atomic mass is 9.85. The molecule has 234 valence electrons. The van der Waals surface area contributed by atoms with Gasteiger partial charge in [-0.15, -0.1) is 0 Å². The van der Waals surface area contributed by atoms with Crippen LogP contribution in [-0.4, -0.2) is 44.6 Å². The number of esters is 2. The minimum atomic E-state index is -1.27. The number of fused-ring (bicyclic) bond motifs is 7. The minimum Gasteiger partial charge on any atom is -0.507 e. The lowest BCUT2D eigenvalue weighted by Gasteiger charge is -2.33. The van der Waals surface area contributed by atoms with Crippen molar-refractivity contribution >= 4 is 22.7 Å². The molecule has 6 aliphatic rings. The van der Waals surface area contributed by atoms with E-state index in [0.29, 0.717) is 0 Å². The fraction of sp³-hybridized carbons (Fsp3) is 0.312. The zero-order chi connectivity index (χ0) is 32.7. The van der Waals surface area contributed by atoms with E-state index in [1.54, 1.807) is 6.92 Å². The molecular formula is C32H22O14. The molecule has 0 radical (unpaired) electrons. The van der Waals surface area contributed by atoms with Gasteiger partial charge >= 0.3 is 11.9 Å². The maximum absolute atomic E-state index is 14.0. The highest BCUT2D eigenvalue weighted by molar-refractivity contribution is 6.07. The van der Waals surface area contributed by atoms with Crippen molar-refractivity contribution in [3.63, 3.8) is 0 Å². The van der Waals surface area contributed by atoms with Gasteiger partial charge in [0.05, 0.1) is 51.8 Å². The highest BCUT2D eigenvalue weighted by Gasteiger charge is 2.48. The first-order chi connectivity index (χ1) is 21.8. The highest BCUT2D eigenvalue weighted by Crippen LogP contribution is 2.57. The second-order valence-corrected chi connectivity index (χ2v) is 11.9. The summed E-state index contributed by atoms with van der Waals surface area (Å²) >= 11 is 0. The zero-order valence-electron chi connectivity index (χ0n) is 23.9. The maximum Gasteiger partial charge on any atom is 0.309 e. The number of hydrogen-bond acceptors (Lipinski definition) is 14. The van der Waals surface area contributed by atoms with Gasteiger partial charge in [-0.05, 0) is 26.0 Å². The van der Waals surface area contributed by atoms with E-state index >= 15 is 0 Å². The van der Waals surface area contributed by atoms with Crippen LogP contribution in [-0.2, 0) is 28.5 Å². The molecule has 2 fully saturated rings. The molecule has 0 saturated carbocycles. The van der Waals surface area contributed by atoms with Crippen molar-refractivity contribution in [3.8, 4) is 34.1 Å². The Hall–Kier alpha value is -5.34. The number of aromatic hydroxyl groups is 4. The molecule has 0 aromatic heterocycles. The Balaban J connectivity index is 1.44. The summed E-state index contributed by atoms with van der Waals surface area (Å²) in [5, 5.41) is 42.8. The van der Waals surface area contributed by atoms with Gasteiger partial charge in [0.1, 0.15) is 35.2 Å². The van der Waals surface area contributed by atoms with E-state index in [1.165, 1.54) is 6.92 Å². The number of carbonyl (C=O) groups is 2. The second kappa shape index (κ2) is 9.11. The van der Waals surface area contributed by atoms with Crippen LogP contribution >= 0.6 is 0 Å². The lowest BCUT2D eigenvalue weighted by molar-refractivity contribution is -0.144. The van der Waals surface area contributed by atoms with Crippen molar-refractivity contribution in [1.29, 1.82) is 0 Å². The number of carbonyl (C=O) groups excluding carboxylic acids is 2. The van der Waals surface area contributed by atoms with Gasteiger partial charge in [0, 0.05) is 27.8 Å². The molecule has 2 aromatic rings. The standard InChI is InChI=1S/C32H22O14/c1-7-17-23(31-13(43-7)5-15(35)45-31)29(41)21-19(27(17)39)11(33)3-9(25(21)37)10-4-12(34)20-22(26(10)38)30(42)24-18(28(20)40)8(2)44-14-6-16(36)46-32(14)24/h3-4,7-8,13-14,31-33,37,39,41H,5-6H2,1-2H3. The molecule has 6 unspecified atom stereocenters. The number of hydrogen-bond donors (Lipinski definition) is 4. The van der Waals surface area contributed by atoms with E-state index in [0.717, 1.165) is 12.1 Å². The summed E-state index contributed by atoms with van der Waals surface area (Å²) in [4.78, 5) is 79.0. The van der Waals surface area contributed by atoms with Gasteiger partial charge in [0.15, 0.2) is 33.9 Å². The summed E-state index contributed by atoms with van der Waals surface area (Å²) in [7, 11) is 0. The van der Waals surface area contributed by atoms with Gasteiger partial charge < -0.3 is 39.4 Å². The first-order valence-electron chi connectivity index (χ1n) is 14.3. The topological polar surface area (TPSA) is 220 Å². The van der Waals surface area contributed by atoms with Gasteiger partial charge in [-0.3, -0.25) is 28.8 Å². The summed E-state index contributed by atoms with van der Waals surface area (Å²) in [5.74, 6) is -4.17. The van der Waals surface area contributed by atoms with Crippen LogP contribution < -0.4 is 21.7 Å². The Morgan fingerprint density at radius 3 is 1.76 bits per heavy atom. The molecule has 2 aromatic carbocycles. The van der Waals surface area contributed by atoms with Crippen molar-refractivity contribution in [1.82, 2.24) is 0 Å². The maximum atomic E-state index is 14.0. The van der Waals surface area contributed by atoms with Gasteiger partial charge in [-0.1, -0.05) is 0 Å². The molecule has 0 bridgehead atoms. The van der Waals surface area contributed by atoms with Crippen LogP contribution in [0, 0.1) is 10.4 Å². The average Bonchev–Trinajstić information content (AvgIpc) is 3.55. The van der Waals surface area contributed by atoms with Crippen LogP contribution in [0.3, 0.4) is 0 Å². The van der Waals surface area contributed by atoms with Crippen molar-refractivity contribution in [2.24, 2.45) is 0 Å². The lowest BCUT2D eigenvalue weighted by Crippen LogP contribution is -2.40. The molecule has 2 saturated heterocycles. The Morgan fingerprint density at radius 2 is 1.13 bits per heavy atom. The van der Waals surface area contributed by atoms with Crippen LogP contribution in [0.15, 0.2) is 31.3 Å². The third kappa shape index (κ3) is 3.42. The third-order valence-corrected chi connectivity index (χ3v) is 9.39. The van der Waals surface area contributed by atoms with E-state index in [2.05, 4.69) is 0 Å². The van der Waals surface area contributed by atoms with Crippen LogP contribution in [0.4, 0.5) is 0 Å². The van der Waals surface area contributed by atoms with E-state index < -0.39 is 126 Å². The molecule has 2 aliphatic carbocycles. The SMILES string of the molecule is CC1OC2CC(=O)OC2c2c1c(O)c1c(O)cc(-c3cc(=O)c4c(=O)c5c(c(=O)c=4c3=O)C3OC(=O)CC3OC5C)c(O)c1c2O. The van der Waals surface area contributed by atoms with Gasteiger partial charge in [0.2, 0.25) is 0 Å². The van der Waals surface area contributed by atoms with Crippen molar-refractivity contribution in [2.75, 3.05) is 0 Å². The van der Waals surface area contributed by atoms with E-state index in [-0.39, 0.29) is 35.1 Å². The monoisotopic (exact) mass is 630 g/mol. The van der Waals surface area contributed by atoms with Gasteiger partial charge in [-0.2, -0.15) is 0 Å². The fourth-order valence-corrected chi connectivity index (χ4v) is 7.50. The summed E-state index contributed by atoms with van der Waals surface area (Å²) in [6.07, 6.45) is -6.32. The van der Waals surface area contributed by atoms with Gasteiger partial charge in [-0.25, -0.2) is 0 Å². The fourth-order valence-electron chi connectivity index (χ4n) is 7.50. The molecule has 6 atom stereocenters. The number of rotatable bonds is 1. The van der Waals surface area contributed by atoms with Crippen molar-refractivity contribution in [2.45, 2.75) is 63.3 Å². The van der Waals surface area contributed by atoms with Crippen LogP contribution in [0.2, 0.25) is 0 Å². The van der Waals surface area contributed by atoms with Crippen LogP contribution in [0.1, 0.15) is 73.4 Å². The summed E-state index contributed by atoms with van der Waals surface area (Å²) in [6, 6.07) is 1.59. The Kier molecular flexibility index (Phi) is 5.58. The molecular weight excluding hydrogens is 608 g/mol. The Labute approximate surface area is 254 Å². The first kappa shape index (κ1) is 28.2. The van der Waals surface area contributed by atoms with E-state index in [4.69, 9.17) is 18.9 Å². The summed E-state index contributed by atoms with van der Waals surface area (Å²) in [5.41, 5.74) is -5.78. The second-order valence-electron chi connectivity index (χ2n) is 11.9. The average molecular weight is 631 g/mol. The smallest absolute Gasteiger partial charge is 0.309 e. The predicted molar refractivity (Wildman–Crippen MR) is 152 cm³/mol. The quantitative estimate of drug-likeness (QED) is 0.172. The van der Waals surface area contributed by atoms with Crippen molar-refractivity contribution in [3.05, 3.63) is 85.7 Å². The highest BCUT2D eigenvalue weighted by atomic mass is 16.6.